The third kappa shape index (κ3) is 1.75. The van der Waals surface area contributed by atoms with Gasteiger partial charge in [0.05, 0.1) is 0 Å². The highest BCUT2D eigenvalue weighted by Crippen LogP contribution is 2.47. The van der Waals surface area contributed by atoms with Gasteiger partial charge in [-0.25, -0.2) is 0 Å². The molecule has 0 aromatic heterocycles. The van der Waals surface area contributed by atoms with E-state index >= 15 is 0 Å². The molecule has 1 aliphatic rings. The Labute approximate surface area is 92.2 Å². The monoisotopic (exact) mass is 239 g/mol. The quantitative estimate of drug-likeness (QED) is 0.631. The van der Waals surface area contributed by atoms with Gasteiger partial charge in [0, 0.05) is 7.05 Å². The van der Waals surface area contributed by atoms with Crippen LogP contribution in [0.25, 0.3) is 0 Å². The molecule has 0 aromatic carbocycles. The summed E-state index contributed by atoms with van der Waals surface area (Å²) in [6.07, 6.45) is -0.858. The number of hydrogen-bond donors (Lipinski definition) is 0. The van der Waals surface area contributed by atoms with Gasteiger partial charge in [-0.1, -0.05) is 24.6 Å². The first-order chi connectivity index (χ1) is 6.75. The van der Waals surface area contributed by atoms with Gasteiger partial charge in [0.1, 0.15) is 5.16 Å². The first-order valence-electron chi connectivity index (χ1n) is 4.63. The number of nitrogens with zero attached hydrogens (tertiary/aromatic N) is 1. The maximum Gasteiger partial charge on any atom is 0.415 e. The van der Waals surface area contributed by atoms with Crippen LogP contribution in [0.15, 0.2) is 22.9 Å². The standard InChI is InChI=1S/C10H13ClF3N/c1-4-5-7-6-8(11)15(3)9(7,2)10(12,13)14/h5-6H,4H2,1-3H3/b7-5-/t9-/m1/s1. The van der Waals surface area contributed by atoms with Crippen LogP contribution in [0, 0.1) is 0 Å². The maximum absolute atomic E-state index is 13.0. The Balaban J connectivity index is 3.23. The van der Waals surface area contributed by atoms with Gasteiger partial charge in [0.25, 0.3) is 0 Å². The van der Waals surface area contributed by atoms with Crippen molar-refractivity contribution in [2.75, 3.05) is 7.05 Å². The molecule has 0 amide bonds. The number of rotatable bonds is 1. The molecule has 0 aromatic rings. The van der Waals surface area contributed by atoms with Gasteiger partial charge in [-0.05, 0) is 25.0 Å². The molecule has 0 aliphatic carbocycles. The fourth-order valence-electron chi connectivity index (χ4n) is 1.60. The SMILES string of the molecule is CC/C=C1/C=C(Cl)N(C)[C@@]1(C)C(F)(F)F. The molecule has 0 saturated carbocycles. The van der Waals surface area contributed by atoms with Gasteiger partial charge in [0.15, 0.2) is 5.54 Å². The van der Waals surface area contributed by atoms with Gasteiger partial charge in [-0.2, -0.15) is 13.2 Å². The summed E-state index contributed by atoms with van der Waals surface area (Å²) >= 11 is 5.73. The third-order valence-corrected chi connectivity index (χ3v) is 3.17. The lowest BCUT2D eigenvalue weighted by Crippen LogP contribution is -2.52. The van der Waals surface area contributed by atoms with Crippen molar-refractivity contribution in [2.45, 2.75) is 32.0 Å². The Morgan fingerprint density at radius 2 is 2.07 bits per heavy atom. The summed E-state index contributed by atoms with van der Waals surface area (Å²) in [7, 11) is 1.35. The fourth-order valence-corrected chi connectivity index (χ4v) is 1.89. The van der Waals surface area contributed by atoms with Gasteiger partial charge in [-0.15, -0.1) is 0 Å². The van der Waals surface area contributed by atoms with Crippen LogP contribution >= 0.6 is 11.6 Å². The zero-order valence-corrected chi connectivity index (χ0v) is 9.58. The van der Waals surface area contributed by atoms with Crippen molar-refractivity contribution < 1.29 is 13.2 Å². The highest BCUT2D eigenvalue weighted by molar-refractivity contribution is 6.29. The number of alkyl halides is 3. The van der Waals surface area contributed by atoms with E-state index in [2.05, 4.69) is 0 Å². The molecule has 1 rings (SSSR count). The molecule has 0 fully saturated rings. The van der Waals surface area contributed by atoms with Crippen LogP contribution in [0.5, 0.6) is 0 Å². The van der Waals surface area contributed by atoms with Crippen molar-refractivity contribution in [1.29, 1.82) is 0 Å². The second-order valence-corrected chi connectivity index (χ2v) is 4.05. The molecular weight excluding hydrogens is 227 g/mol. The molecule has 1 nitrogen and oxygen atoms in total. The van der Waals surface area contributed by atoms with E-state index in [0.717, 1.165) is 11.8 Å². The molecule has 0 N–H and O–H groups in total. The molecule has 0 spiro atoms. The zero-order valence-electron chi connectivity index (χ0n) is 8.82. The Morgan fingerprint density at radius 3 is 2.47 bits per heavy atom. The molecular formula is C10H13ClF3N. The van der Waals surface area contributed by atoms with Crippen LogP contribution in [0.4, 0.5) is 13.2 Å². The highest BCUT2D eigenvalue weighted by Gasteiger charge is 2.58. The van der Waals surface area contributed by atoms with Crippen LogP contribution in [-0.2, 0) is 0 Å². The van der Waals surface area contributed by atoms with Crippen LogP contribution in [0.1, 0.15) is 20.3 Å². The largest absolute Gasteiger partial charge is 0.415 e. The van der Waals surface area contributed by atoms with Crippen LogP contribution in [-0.4, -0.2) is 23.7 Å². The van der Waals surface area contributed by atoms with E-state index in [9.17, 15) is 13.2 Å². The maximum atomic E-state index is 13.0. The number of hydrogen-bond acceptors (Lipinski definition) is 1. The summed E-state index contributed by atoms with van der Waals surface area (Å²) in [5.74, 6) is 0. The second-order valence-electron chi connectivity index (χ2n) is 3.66. The Bertz CT molecular complexity index is 319. The number of likely N-dealkylation sites (N-methyl/N-ethyl adjacent to an activating group) is 1. The molecule has 0 bridgehead atoms. The molecule has 5 heteroatoms. The van der Waals surface area contributed by atoms with Crippen molar-refractivity contribution in [3.05, 3.63) is 22.9 Å². The normalized spacial score (nSPS) is 29.9. The van der Waals surface area contributed by atoms with E-state index in [-0.39, 0.29) is 10.7 Å². The molecule has 1 aliphatic heterocycles. The van der Waals surface area contributed by atoms with E-state index in [1.54, 1.807) is 13.0 Å². The van der Waals surface area contributed by atoms with Crippen molar-refractivity contribution in [3.8, 4) is 0 Å². The third-order valence-electron chi connectivity index (χ3n) is 2.80. The van der Waals surface area contributed by atoms with E-state index in [4.69, 9.17) is 11.6 Å². The van der Waals surface area contributed by atoms with Crippen LogP contribution < -0.4 is 0 Å². The average molecular weight is 240 g/mol. The summed E-state index contributed by atoms with van der Waals surface area (Å²) in [4.78, 5) is 1.05. The molecule has 1 atom stereocenters. The minimum atomic E-state index is -4.34. The highest BCUT2D eigenvalue weighted by atomic mass is 35.5. The van der Waals surface area contributed by atoms with Crippen molar-refractivity contribution in [1.82, 2.24) is 4.90 Å². The second kappa shape index (κ2) is 3.74. The van der Waals surface area contributed by atoms with Gasteiger partial charge < -0.3 is 4.90 Å². The van der Waals surface area contributed by atoms with Crippen molar-refractivity contribution in [3.63, 3.8) is 0 Å². The Kier molecular flexibility index (Phi) is 3.10. The first kappa shape index (κ1) is 12.4. The summed E-state index contributed by atoms with van der Waals surface area (Å²) < 4.78 is 38.9. The van der Waals surface area contributed by atoms with E-state index in [0.29, 0.717) is 6.42 Å². The van der Waals surface area contributed by atoms with E-state index in [1.807, 2.05) is 0 Å². The predicted molar refractivity (Wildman–Crippen MR) is 54.5 cm³/mol. The summed E-state index contributed by atoms with van der Waals surface area (Å²) in [5, 5.41) is 0.120. The molecule has 0 radical (unpaired) electrons. The number of allylic oxidation sites excluding steroid dienone is 1. The molecule has 0 unspecified atom stereocenters. The van der Waals surface area contributed by atoms with Gasteiger partial charge >= 0.3 is 6.18 Å². The summed E-state index contributed by atoms with van der Waals surface area (Å²) in [5.41, 5.74) is -1.79. The van der Waals surface area contributed by atoms with Crippen molar-refractivity contribution in [2.24, 2.45) is 0 Å². The predicted octanol–water partition coefficient (Wildman–Crippen LogP) is 3.67. The molecule has 1 heterocycles. The molecule has 15 heavy (non-hydrogen) atoms. The lowest BCUT2D eigenvalue weighted by atomic mass is 9.91. The molecule has 86 valence electrons. The topological polar surface area (TPSA) is 3.24 Å². The van der Waals surface area contributed by atoms with E-state index < -0.39 is 11.7 Å². The fraction of sp³-hybridized carbons (Fsp3) is 0.600. The Morgan fingerprint density at radius 1 is 1.53 bits per heavy atom. The minimum Gasteiger partial charge on any atom is -0.348 e. The van der Waals surface area contributed by atoms with Gasteiger partial charge in [-0.3, -0.25) is 0 Å². The zero-order chi connectivity index (χ0) is 11.9. The van der Waals surface area contributed by atoms with Gasteiger partial charge in [0.2, 0.25) is 0 Å². The summed E-state index contributed by atoms with van der Waals surface area (Å²) in [6.45, 7) is 2.93. The number of halogens is 4. The Hall–Kier alpha value is -0.640. The summed E-state index contributed by atoms with van der Waals surface area (Å²) in [6, 6.07) is 0. The first-order valence-corrected chi connectivity index (χ1v) is 5.01. The lowest BCUT2D eigenvalue weighted by molar-refractivity contribution is -0.198. The van der Waals surface area contributed by atoms with Crippen molar-refractivity contribution >= 4 is 11.6 Å². The van der Waals surface area contributed by atoms with Crippen LogP contribution in [0.2, 0.25) is 0 Å². The smallest absolute Gasteiger partial charge is 0.348 e. The minimum absolute atomic E-state index is 0.120. The van der Waals surface area contributed by atoms with Crippen LogP contribution in [0.3, 0.4) is 0 Å². The lowest BCUT2D eigenvalue weighted by Gasteiger charge is -2.37. The molecule has 0 saturated heterocycles. The average Bonchev–Trinajstić information content (AvgIpc) is 2.31. The van der Waals surface area contributed by atoms with E-state index in [1.165, 1.54) is 13.1 Å².